The number of pyridine rings is 5. The Kier molecular flexibility index (Phi) is 39.5. The number of H-pyrrole nitrogens is 2. The molecule has 17 rings (SSSR count). The van der Waals surface area contributed by atoms with Crippen LogP contribution in [0.2, 0.25) is 50.2 Å². The van der Waals surface area contributed by atoms with Crippen LogP contribution in [-0.2, 0) is 54.7 Å². The third kappa shape index (κ3) is 30.1. The minimum atomic E-state index is -1.04. The topological polar surface area (TPSA) is 435 Å². The number of nitriles is 2. The van der Waals surface area contributed by atoms with Gasteiger partial charge in [-0.15, -0.1) is 5.10 Å². The zero-order chi connectivity index (χ0) is 105. The van der Waals surface area contributed by atoms with Crippen LogP contribution in [0.3, 0.4) is 0 Å². The quantitative estimate of drug-likeness (QED) is 0.0201. The van der Waals surface area contributed by atoms with Gasteiger partial charge in [-0.3, -0.25) is 49.3 Å². The highest BCUT2D eigenvalue weighted by Crippen LogP contribution is 2.45. The minimum absolute atomic E-state index is 0.0538. The number of hydrogen-bond acceptors (Lipinski definition) is 25. The molecule has 0 bridgehead atoms. The van der Waals surface area contributed by atoms with E-state index >= 15 is 0 Å². The molecule has 146 heavy (non-hydrogen) atoms. The number of halogens is 10. The number of nitrogens with two attached hydrogens (primary N) is 1. The second-order valence-corrected chi connectivity index (χ2v) is 37.8. The van der Waals surface area contributed by atoms with Crippen LogP contribution in [0.4, 0.5) is 16.2 Å². The van der Waals surface area contributed by atoms with Gasteiger partial charge in [-0.25, -0.2) is 9.59 Å². The molecule has 4 aliphatic heterocycles. The lowest BCUT2D eigenvalue weighted by atomic mass is 10.0. The zero-order valence-electron chi connectivity index (χ0n) is 78.9. The summed E-state index contributed by atoms with van der Waals surface area (Å²) in [6.07, 6.45) is 14.4. The molecular weight excluding hydrogens is 2100 g/mol. The molecule has 0 spiro atoms. The molecule has 5 aromatic carbocycles. The number of anilines is 2. The third-order valence-electron chi connectivity index (χ3n) is 23.2. The van der Waals surface area contributed by atoms with Crippen molar-refractivity contribution >= 4 is 145 Å². The summed E-state index contributed by atoms with van der Waals surface area (Å²) < 4.78 is 66.7. The van der Waals surface area contributed by atoms with Gasteiger partial charge in [-0.1, -0.05) is 116 Å². The van der Waals surface area contributed by atoms with E-state index in [1.54, 1.807) is 105 Å². The molecule has 0 saturated carbocycles. The second kappa shape index (κ2) is 52.3. The van der Waals surface area contributed by atoms with E-state index in [0.717, 1.165) is 117 Å². The highest BCUT2D eigenvalue weighted by molar-refractivity contribution is 6.47. The first-order valence-corrected chi connectivity index (χ1v) is 49.4. The van der Waals surface area contributed by atoms with Crippen molar-refractivity contribution in [3.05, 3.63) is 328 Å². The van der Waals surface area contributed by atoms with Crippen molar-refractivity contribution in [1.82, 2.24) is 52.5 Å². The van der Waals surface area contributed by atoms with Crippen molar-refractivity contribution in [2.75, 3.05) is 70.6 Å². The Morgan fingerprint density at radius 1 is 0.438 bits per heavy atom. The van der Waals surface area contributed by atoms with E-state index in [0.29, 0.717) is 158 Å². The molecular formula is C101H96Cl10N16O19. The van der Waals surface area contributed by atoms with Crippen LogP contribution in [0.25, 0.3) is 17.1 Å². The normalized spacial score (nSPS) is 13.9. The SMILES string of the molecule is CCOC(=O)NC(=O)C(C#N)=NNc1cc(Cl)c(Oc2ccc(=O)n(CC3CCOCC3)c2)c(Cl)c1.Cc1ccc(C)n1-c1cc(Cl)c(Oc2ccc(=O)[nH]c2)c(Cl)c1.Cc1ccc(C)n1-c1cc(Cl)c(Oc2ccc(=O)n(CC3CCOCC3)c2)c(Cl)c1.N#Cc1nn(-c2cc(Cl)c(Oc3ccc(=O)n(CC4CCOCC4)c3)c(Cl)c2)c(=O)[nH]c1=O.Nc1cc(Cl)c(Oc2ccc(=O)n(CC3CCOCC3)c2)c(Cl)c1. The summed E-state index contributed by atoms with van der Waals surface area (Å²) in [5.74, 6) is 3.96. The van der Waals surface area contributed by atoms with Gasteiger partial charge in [0.05, 0.1) is 68.2 Å². The first kappa shape index (κ1) is 110. The number of nitrogens with one attached hydrogen (secondary N) is 4. The Labute approximate surface area is 884 Å². The summed E-state index contributed by atoms with van der Waals surface area (Å²) in [5, 5.41) is 30.0. The van der Waals surface area contributed by atoms with Crippen molar-refractivity contribution in [2.45, 2.75) is 112 Å². The standard InChI is InChI=1S/C23H23Cl2N5O6.C23H24Cl2N2O3.C21H17Cl2N5O5.C17H18Cl2N2O3.C17H14Cl2N2O2/c1-2-35-23(33)27-22(32)19(11-26)29-28-15-9-17(24)21(18(25)10-15)36-16-3-4-20(31)30(13-16)12-14-5-7-34-8-6-14;1-15-3-4-16(2)27(15)18-11-20(24)23(21(25)12-18)30-19-5-6-22(28)26(14-19)13-17-7-9-29-10-8-17;22-15-7-13(28-21(31)25-20(30)17(9-24)26-28)8-16(23)19(15)33-14-1-2-18(29)27(11-14)10-12-3-5-32-6-4-12;18-14-7-12(20)8-15(19)17(14)24-13-1-2-16(22)21(10-13)9-11-3-5-23-6-4-11;1-10-3-4-11(2)21(10)12-7-14(18)17(15(19)8-12)23-13-5-6-16(22)20-9-13/h3-4,9-10,13-14,28H,2,5-8,12H2,1H3,(H,27,32,33);3-6,11-12,14,17H,7-10,13H2,1-2H3;1-2,7-8,11-12H,3-6,10H2,(H,25,30,31);1-2,7-8,10-11H,3-6,9,20H2;3-9H,1-2H3,(H,20,22). The van der Waals surface area contributed by atoms with Gasteiger partial charge in [0.2, 0.25) is 17.0 Å². The molecule has 0 atom stereocenters. The summed E-state index contributed by atoms with van der Waals surface area (Å²) in [6, 6.07) is 42.3. The Balaban J connectivity index is 0.000000154. The fourth-order valence-corrected chi connectivity index (χ4v) is 18.6. The lowest BCUT2D eigenvalue weighted by molar-refractivity contribution is -0.114. The smallest absolute Gasteiger partial charge is 0.414 e. The molecule has 0 radical (unpaired) electrons. The third-order valence-corrected chi connectivity index (χ3v) is 26.0. The molecule has 2 amide bonds. The maximum absolute atomic E-state index is 12.3. The van der Waals surface area contributed by atoms with Crippen LogP contribution in [-0.4, -0.2) is 124 Å². The molecule has 0 unspecified atom stereocenters. The predicted octanol–water partition coefficient (Wildman–Crippen LogP) is 21.0. The number of hydrazone groups is 1. The van der Waals surface area contributed by atoms with Crippen LogP contribution in [0.5, 0.6) is 57.5 Å². The number of hydrogen-bond donors (Lipinski definition) is 5. The molecule has 0 aliphatic carbocycles. The monoisotopic (exact) mass is 2190 g/mol. The number of alkyl carbamates (subject to hydrolysis) is 1. The molecule has 45 heteroatoms. The van der Waals surface area contributed by atoms with Gasteiger partial charge in [-0.05, 0) is 225 Å². The molecule has 4 fully saturated rings. The van der Waals surface area contributed by atoms with Gasteiger partial charge in [0.15, 0.2) is 28.7 Å². The number of aromatic amines is 2. The predicted molar refractivity (Wildman–Crippen MR) is 559 cm³/mol. The minimum Gasteiger partial charge on any atom is -0.453 e. The van der Waals surface area contributed by atoms with E-state index in [4.69, 9.17) is 175 Å². The van der Waals surface area contributed by atoms with Crippen molar-refractivity contribution in [3.63, 3.8) is 0 Å². The number of imide groups is 1. The number of aromatic nitrogens is 10. The molecule has 13 aromatic rings. The fraction of sp³-hybridized carbons (Fsp3) is 0.297. The fourth-order valence-electron chi connectivity index (χ4n) is 15.8. The molecule has 8 aromatic heterocycles. The van der Waals surface area contributed by atoms with Crippen LogP contribution in [0, 0.1) is 74.0 Å². The molecule has 4 saturated heterocycles. The maximum Gasteiger partial charge on any atom is 0.414 e. The van der Waals surface area contributed by atoms with Gasteiger partial charge in [0, 0.05) is 180 Å². The van der Waals surface area contributed by atoms with E-state index in [1.807, 2.05) is 74.4 Å². The Bertz CT molecular complexity index is 7330. The molecule has 35 nitrogen and oxygen atoms in total. The first-order valence-electron chi connectivity index (χ1n) is 45.6. The van der Waals surface area contributed by atoms with Crippen molar-refractivity contribution in [3.8, 4) is 86.7 Å². The van der Waals surface area contributed by atoms with Crippen LogP contribution in [0.1, 0.15) is 86.8 Å². The number of nitrogen functional groups attached to an aromatic ring is 1. The lowest BCUT2D eigenvalue weighted by Gasteiger charge is -2.23. The van der Waals surface area contributed by atoms with Gasteiger partial charge >= 0.3 is 11.8 Å². The van der Waals surface area contributed by atoms with Gasteiger partial charge in [-0.2, -0.15) is 20.3 Å². The summed E-state index contributed by atoms with van der Waals surface area (Å²) >= 11 is 63.4. The number of aryl methyl sites for hydroxylation is 4. The van der Waals surface area contributed by atoms with Crippen molar-refractivity contribution in [1.29, 1.82) is 10.5 Å². The van der Waals surface area contributed by atoms with E-state index in [9.17, 15) is 43.2 Å². The Morgan fingerprint density at radius 2 is 0.747 bits per heavy atom. The number of carbonyl (C=O) groups is 2. The highest BCUT2D eigenvalue weighted by atomic mass is 35.5. The first-order chi connectivity index (χ1) is 70.0. The number of amides is 2. The number of benzene rings is 5. The molecule has 764 valence electrons. The van der Waals surface area contributed by atoms with E-state index in [2.05, 4.69) is 34.5 Å². The Morgan fingerprint density at radius 3 is 1.05 bits per heavy atom. The summed E-state index contributed by atoms with van der Waals surface area (Å²) in [4.78, 5) is 112. The maximum atomic E-state index is 12.3. The summed E-state index contributed by atoms with van der Waals surface area (Å²) in [5.41, 5.74) is 11.6. The lowest BCUT2D eigenvalue weighted by Crippen LogP contribution is -2.36. The average molecular weight is 2190 g/mol. The summed E-state index contributed by atoms with van der Waals surface area (Å²) in [6.45, 7) is 17.8. The molecule has 6 N–H and O–H groups in total. The van der Waals surface area contributed by atoms with Gasteiger partial charge < -0.3 is 85.5 Å². The van der Waals surface area contributed by atoms with Crippen molar-refractivity contribution in [2.24, 2.45) is 28.8 Å². The number of ether oxygens (including phenoxy) is 10. The number of nitrogens with zero attached hydrogens (tertiary/aromatic N) is 11. The van der Waals surface area contributed by atoms with Gasteiger partial charge in [0.25, 0.3) is 33.7 Å². The zero-order valence-corrected chi connectivity index (χ0v) is 86.5. The van der Waals surface area contributed by atoms with Crippen LogP contribution < -0.4 is 79.2 Å². The second-order valence-electron chi connectivity index (χ2n) is 33.7. The number of rotatable bonds is 25. The largest absolute Gasteiger partial charge is 0.453 e. The van der Waals surface area contributed by atoms with E-state index in [1.165, 1.54) is 72.9 Å². The summed E-state index contributed by atoms with van der Waals surface area (Å²) in [7, 11) is 0. The number of carbonyl (C=O) groups excluding carboxylic acids is 2. The van der Waals surface area contributed by atoms with Crippen molar-refractivity contribution < 1.29 is 57.0 Å². The van der Waals surface area contributed by atoms with Crippen LogP contribution in [0.15, 0.2) is 215 Å². The Hall–Kier alpha value is -13.1. The molecule has 12 heterocycles. The van der Waals surface area contributed by atoms with Crippen LogP contribution >= 0.6 is 116 Å². The molecule has 4 aliphatic rings. The van der Waals surface area contributed by atoms with E-state index in [-0.39, 0.29) is 77.4 Å². The van der Waals surface area contributed by atoms with E-state index < -0.39 is 34.7 Å². The average Bonchev–Trinajstić information content (AvgIpc) is 1.61. The van der Waals surface area contributed by atoms with Gasteiger partial charge in [0.1, 0.15) is 40.9 Å². The highest BCUT2D eigenvalue weighted by Gasteiger charge is 2.26.